The highest BCUT2D eigenvalue weighted by Crippen LogP contribution is 2.25. The van der Waals surface area contributed by atoms with Crippen LogP contribution in [0.15, 0.2) is 22.7 Å². The van der Waals surface area contributed by atoms with Gasteiger partial charge in [0.05, 0.1) is 11.4 Å². The largest absolute Gasteiger partial charge is 0.479 e. The standard InChI is InChI=1S/C17H17FN2O3/c1-4-9-22-16-7-5-13(18)10-15(16)19-17(21)8-6-14-11(2)20-23-12(14)3/h1,5,7,10H,6,8-9H2,2-3H3,(H,19,21). The van der Waals surface area contributed by atoms with Crippen LogP contribution in [0, 0.1) is 32.0 Å². The minimum atomic E-state index is -0.473. The van der Waals surface area contributed by atoms with Gasteiger partial charge in [-0.05, 0) is 32.4 Å². The summed E-state index contributed by atoms with van der Waals surface area (Å²) in [5.74, 6) is 2.61. The Morgan fingerprint density at radius 3 is 2.91 bits per heavy atom. The minimum absolute atomic E-state index is 0.0353. The average molecular weight is 316 g/mol. The summed E-state index contributed by atoms with van der Waals surface area (Å²) in [6, 6.07) is 3.86. The van der Waals surface area contributed by atoms with Gasteiger partial charge in [-0.3, -0.25) is 4.79 Å². The maximum atomic E-state index is 13.4. The van der Waals surface area contributed by atoms with Crippen LogP contribution in [-0.2, 0) is 11.2 Å². The summed E-state index contributed by atoms with van der Waals surface area (Å²) in [5, 5.41) is 6.48. The predicted molar refractivity (Wildman–Crippen MR) is 83.7 cm³/mol. The van der Waals surface area contributed by atoms with Crippen molar-refractivity contribution >= 4 is 11.6 Å². The van der Waals surface area contributed by atoms with Crippen LogP contribution < -0.4 is 10.1 Å². The number of amides is 1. The SMILES string of the molecule is C#CCOc1ccc(F)cc1NC(=O)CCc1c(C)noc1C. The molecule has 0 aliphatic rings. The van der Waals surface area contributed by atoms with Gasteiger partial charge in [0.25, 0.3) is 0 Å². The first-order valence-electron chi connectivity index (χ1n) is 7.08. The molecule has 0 saturated carbocycles. The number of rotatable bonds is 6. The number of hydrogen-bond donors (Lipinski definition) is 1. The van der Waals surface area contributed by atoms with E-state index in [4.69, 9.17) is 15.7 Å². The number of terminal acetylenes is 1. The zero-order valence-corrected chi connectivity index (χ0v) is 13.0. The van der Waals surface area contributed by atoms with Crippen LogP contribution in [-0.4, -0.2) is 17.7 Å². The van der Waals surface area contributed by atoms with Gasteiger partial charge in [-0.1, -0.05) is 11.1 Å². The lowest BCUT2D eigenvalue weighted by Gasteiger charge is -2.11. The second kappa shape index (κ2) is 7.45. The van der Waals surface area contributed by atoms with Crippen molar-refractivity contribution in [2.75, 3.05) is 11.9 Å². The summed E-state index contributed by atoms with van der Waals surface area (Å²) in [5.41, 5.74) is 1.92. The van der Waals surface area contributed by atoms with Gasteiger partial charge in [0.2, 0.25) is 5.91 Å². The highest BCUT2D eigenvalue weighted by molar-refractivity contribution is 5.92. The third-order valence-electron chi connectivity index (χ3n) is 3.31. The number of aromatic nitrogens is 1. The number of carbonyl (C=O) groups excluding carboxylic acids is 1. The van der Waals surface area contributed by atoms with Gasteiger partial charge >= 0.3 is 0 Å². The molecule has 1 aromatic carbocycles. The number of nitrogens with zero attached hydrogens (tertiary/aromatic N) is 1. The summed E-state index contributed by atoms with van der Waals surface area (Å²) in [4.78, 5) is 12.1. The number of aryl methyl sites for hydroxylation is 2. The zero-order chi connectivity index (χ0) is 16.8. The van der Waals surface area contributed by atoms with Crippen molar-refractivity contribution in [3.8, 4) is 18.1 Å². The average Bonchev–Trinajstić information content (AvgIpc) is 2.83. The molecule has 0 spiro atoms. The molecule has 0 unspecified atom stereocenters. The maximum absolute atomic E-state index is 13.4. The Bertz CT molecular complexity index is 727. The molecule has 1 aromatic heterocycles. The molecule has 0 radical (unpaired) electrons. The Labute approximate surface area is 133 Å². The Hall–Kier alpha value is -2.81. The van der Waals surface area contributed by atoms with Crippen LogP contribution in [0.25, 0.3) is 0 Å². The molecule has 1 amide bonds. The minimum Gasteiger partial charge on any atom is -0.479 e. The van der Waals surface area contributed by atoms with Crippen molar-refractivity contribution in [1.82, 2.24) is 5.16 Å². The Balaban J connectivity index is 2.02. The molecule has 0 aliphatic heterocycles. The third kappa shape index (κ3) is 4.33. The normalized spacial score (nSPS) is 10.2. The first-order valence-corrected chi connectivity index (χ1v) is 7.08. The van der Waals surface area contributed by atoms with Crippen molar-refractivity contribution in [1.29, 1.82) is 0 Å². The van der Waals surface area contributed by atoms with Crippen LogP contribution >= 0.6 is 0 Å². The van der Waals surface area contributed by atoms with Crippen LogP contribution in [0.5, 0.6) is 5.75 Å². The fourth-order valence-corrected chi connectivity index (χ4v) is 2.16. The Morgan fingerprint density at radius 2 is 2.26 bits per heavy atom. The highest BCUT2D eigenvalue weighted by atomic mass is 19.1. The molecule has 120 valence electrons. The number of ether oxygens (including phenoxy) is 1. The van der Waals surface area contributed by atoms with Crippen LogP contribution in [0.4, 0.5) is 10.1 Å². The fraction of sp³-hybridized carbons (Fsp3) is 0.294. The van der Waals surface area contributed by atoms with Gasteiger partial charge in [0.1, 0.15) is 23.9 Å². The molecule has 23 heavy (non-hydrogen) atoms. The topological polar surface area (TPSA) is 64.4 Å². The lowest BCUT2D eigenvalue weighted by atomic mass is 10.1. The lowest BCUT2D eigenvalue weighted by Crippen LogP contribution is -2.14. The van der Waals surface area contributed by atoms with E-state index in [0.717, 1.165) is 11.3 Å². The van der Waals surface area contributed by atoms with Gasteiger partial charge in [-0.25, -0.2) is 4.39 Å². The van der Waals surface area contributed by atoms with E-state index in [2.05, 4.69) is 16.4 Å². The Morgan fingerprint density at radius 1 is 1.48 bits per heavy atom. The molecule has 6 heteroatoms. The first-order chi connectivity index (χ1) is 11.0. The van der Waals surface area contributed by atoms with E-state index >= 15 is 0 Å². The fourth-order valence-electron chi connectivity index (χ4n) is 2.16. The van der Waals surface area contributed by atoms with Gasteiger partial charge in [0, 0.05) is 18.1 Å². The van der Waals surface area contributed by atoms with E-state index in [0.29, 0.717) is 17.9 Å². The molecule has 1 N–H and O–H groups in total. The van der Waals surface area contributed by atoms with Crippen molar-refractivity contribution < 1.29 is 18.4 Å². The van der Waals surface area contributed by atoms with Crippen LogP contribution in [0.1, 0.15) is 23.4 Å². The third-order valence-corrected chi connectivity index (χ3v) is 3.31. The van der Waals surface area contributed by atoms with E-state index in [1.165, 1.54) is 18.2 Å². The monoisotopic (exact) mass is 316 g/mol. The van der Waals surface area contributed by atoms with E-state index in [1.807, 2.05) is 6.92 Å². The second-order valence-corrected chi connectivity index (χ2v) is 4.98. The number of anilines is 1. The summed E-state index contributed by atoms with van der Waals surface area (Å²) < 4.78 is 23.7. The number of halogens is 1. The summed E-state index contributed by atoms with van der Waals surface area (Å²) in [7, 11) is 0. The highest BCUT2D eigenvalue weighted by Gasteiger charge is 2.13. The summed E-state index contributed by atoms with van der Waals surface area (Å²) in [6.45, 7) is 3.65. The zero-order valence-electron chi connectivity index (χ0n) is 13.0. The molecule has 5 nitrogen and oxygen atoms in total. The van der Waals surface area contributed by atoms with E-state index < -0.39 is 5.82 Å². The van der Waals surface area contributed by atoms with Crippen molar-refractivity contribution in [3.63, 3.8) is 0 Å². The molecular formula is C17H17FN2O3. The van der Waals surface area contributed by atoms with E-state index in [-0.39, 0.29) is 24.6 Å². The molecule has 2 aromatic rings. The molecule has 2 rings (SSSR count). The van der Waals surface area contributed by atoms with Crippen molar-refractivity contribution in [3.05, 3.63) is 41.0 Å². The number of hydrogen-bond acceptors (Lipinski definition) is 4. The number of benzene rings is 1. The van der Waals surface area contributed by atoms with Crippen molar-refractivity contribution in [2.45, 2.75) is 26.7 Å². The van der Waals surface area contributed by atoms with E-state index in [1.54, 1.807) is 6.92 Å². The van der Waals surface area contributed by atoms with Gasteiger partial charge < -0.3 is 14.6 Å². The van der Waals surface area contributed by atoms with E-state index in [9.17, 15) is 9.18 Å². The second-order valence-electron chi connectivity index (χ2n) is 4.98. The van der Waals surface area contributed by atoms with Crippen LogP contribution in [0.3, 0.4) is 0 Å². The lowest BCUT2D eigenvalue weighted by molar-refractivity contribution is -0.116. The predicted octanol–water partition coefficient (Wildman–Crippen LogP) is 3.01. The Kier molecular flexibility index (Phi) is 5.36. The molecule has 0 atom stereocenters. The van der Waals surface area contributed by atoms with Gasteiger partial charge in [-0.2, -0.15) is 0 Å². The first kappa shape index (κ1) is 16.6. The number of carbonyl (C=O) groups is 1. The molecule has 0 bridgehead atoms. The summed E-state index contributed by atoms with van der Waals surface area (Å²) >= 11 is 0. The van der Waals surface area contributed by atoms with Crippen LogP contribution in [0.2, 0.25) is 0 Å². The van der Waals surface area contributed by atoms with Gasteiger partial charge in [0.15, 0.2) is 0 Å². The smallest absolute Gasteiger partial charge is 0.224 e. The maximum Gasteiger partial charge on any atom is 0.224 e. The molecule has 1 heterocycles. The molecule has 0 aliphatic carbocycles. The quantitative estimate of drug-likeness (QED) is 0.832. The number of nitrogens with one attached hydrogen (secondary N) is 1. The summed E-state index contributed by atoms with van der Waals surface area (Å²) in [6.07, 6.45) is 5.84. The molecule has 0 saturated heterocycles. The molecular weight excluding hydrogens is 299 g/mol. The molecule has 0 fully saturated rings. The van der Waals surface area contributed by atoms with Gasteiger partial charge in [-0.15, -0.1) is 6.42 Å². The van der Waals surface area contributed by atoms with Crippen molar-refractivity contribution in [2.24, 2.45) is 0 Å².